The smallest absolute Gasteiger partial charge is 0.453 e. The van der Waals surface area contributed by atoms with Gasteiger partial charge in [0.1, 0.15) is 0 Å². The number of halogens is 5. The lowest BCUT2D eigenvalue weighted by atomic mass is 9.98. The Kier molecular flexibility index (Phi) is 7.79. The predicted molar refractivity (Wildman–Crippen MR) is 83.2 cm³/mol. The Labute approximate surface area is 143 Å². The first-order valence-corrected chi connectivity index (χ1v) is 7.92. The Morgan fingerprint density at radius 1 is 1.12 bits per heavy atom. The summed E-state index contributed by atoms with van der Waals surface area (Å²) in [5.74, 6) is -4.97. The summed E-state index contributed by atoms with van der Waals surface area (Å²) < 4.78 is 66.5. The molecular weight excluding hydrogens is 345 g/mol. The molecule has 0 bridgehead atoms. The molecule has 0 aliphatic carbocycles. The molecule has 0 aliphatic rings. The number of alkyl halides is 5. The minimum absolute atomic E-state index is 0.0351. The molecule has 1 rings (SSSR count). The molecule has 1 aromatic carbocycles. The Bertz CT molecular complexity index is 543. The van der Waals surface area contributed by atoms with Crippen molar-refractivity contribution in [1.29, 1.82) is 0 Å². The fourth-order valence-corrected chi connectivity index (χ4v) is 2.32. The highest BCUT2D eigenvalue weighted by Gasteiger charge is 2.56. The van der Waals surface area contributed by atoms with E-state index in [0.29, 0.717) is 24.8 Å². The van der Waals surface area contributed by atoms with Gasteiger partial charge in [-0.1, -0.05) is 24.3 Å². The number of nitrogens with two attached hydrogens (primary N) is 1. The van der Waals surface area contributed by atoms with Crippen molar-refractivity contribution in [1.82, 2.24) is 0 Å². The van der Waals surface area contributed by atoms with Gasteiger partial charge in [0.25, 0.3) is 0 Å². The van der Waals surface area contributed by atoms with Gasteiger partial charge in [0.05, 0.1) is 7.11 Å². The highest BCUT2D eigenvalue weighted by molar-refractivity contribution is 5.69. The van der Waals surface area contributed by atoms with Crippen LogP contribution in [0.25, 0.3) is 0 Å². The first-order chi connectivity index (χ1) is 11.6. The fourth-order valence-electron chi connectivity index (χ4n) is 2.32. The van der Waals surface area contributed by atoms with Gasteiger partial charge in [-0.3, -0.25) is 4.79 Å². The minimum atomic E-state index is -5.52. The molecule has 0 fully saturated rings. The topological polar surface area (TPSA) is 52.3 Å². The molecule has 0 aromatic heterocycles. The van der Waals surface area contributed by atoms with Crippen molar-refractivity contribution in [2.45, 2.75) is 56.7 Å². The van der Waals surface area contributed by atoms with Crippen molar-refractivity contribution >= 4 is 5.97 Å². The first-order valence-electron chi connectivity index (χ1n) is 7.92. The van der Waals surface area contributed by atoms with E-state index in [1.165, 1.54) is 7.11 Å². The molecule has 1 unspecified atom stereocenters. The van der Waals surface area contributed by atoms with E-state index in [-0.39, 0.29) is 18.8 Å². The number of carbonyl (C=O) groups is 1. The van der Waals surface area contributed by atoms with Crippen LogP contribution in [0.5, 0.6) is 0 Å². The SMILES string of the molecule is COC(=O)CCCc1ccc(C(N)CCCC(F)(F)C(F)(F)F)cc1. The number of hydrogen-bond acceptors (Lipinski definition) is 3. The van der Waals surface area contributed by atoms with Crippen molar-refractivity contribution < 1.29 is 31.5 Å². The molecule has 0 saturated heterocycles. The van der Waals surface area contributed by atoms with Crippen molar-refractivity contribution in [2.75, 3.05) is 7.11 Å². The Hall–Kier alpha value is -1.70. The third-order valence-corrected chi connectivity index (χ3v) is 3.90. The van der Waals surface area contributed by atoms with Crippen molar-refractivity contribution in [2.24, 2.45) is 5.73 Å². The monoisotopic (exact) mass is 367 g/mol. The van der Waals surface area contributed by atoms with E-state index in [1.807, 2.05) is 0 Å². The number of methoxy groups -OCH3 is 1. The summed E-state index contributed by atoms with van der Waals surface area (Å²) in [6.07, 6.45) is -5.47. The molecule has 142 valence electrons. The van der Waals surface area contributed by atoms with Gasteiger partial charge in [-0.05, 0) is 36.8 Å². The maximum atomic E-state index is 12.8. The molecule has 25 heavy (non-hydrogen) atoms. The zero-order valence-corrected chi connectivity index (χ0v) is 13.9. The van der Waals surface area contributed by atoms with Crippen LogP contribution in [0.3, 0.4) is 0 Å². The molecular formula is C17H22F5NO2. The van der Waals surface area contributed by atoms with E-state index in [1.54, 1.807) is 24.3 Å². The number of aryl methyl sites for hydroxylation is 1. The Balaban J connectivity index is 2.44. The third kappa shape index (κ3) is 6.97. The lowest BCUT2D eigenvalue weighted by Crippen LogP contribution is -2.36. The average molecular weight is 367 g/mol. The van der Waals surface area contributed by atoms with Gasteiger partial charge in [0, 0.05) is 18.9 Å². The van der Waals surface area contributed by atoms with Crippen LogP contribution >= 0.6 is 0 Å². The fraction of sp³-hybridized carbons (Fsp3) is 0.588. The Morgan fingerprint density at radius 2 is 1.72 bits per heavy atom. The molecule has 2 N–H and O–H groups in total. The first kappa shape index (κ1) is 21.3. The lowest BCUT2D eigenvalue weighted by Gasteiger charge is -2.20. The number of ether oxygens (including phenoxy) is 1. The zero-order valence-electron chi connectivity index (χ0n) is 13.9. The van der Waals surface area contributed by atoms with Crippen LogP contribution in [-0.4, -0.2) is 25.2 Å². The number of benzene rings is 1. The standard InChI is InChI=1S/C17H22F5NO2/c1-25-15(24)6-2-4-12-7-9-13(10-8-12)14(23)5-3-11-16(18,19)17(20,21)22/h7-10,14H,2-6,11,23H2,1H3. The van der Waals surface area contributed by atoms with Crippen LogP contribution in [0.15, 0.2) is 24.3 Å². The van der Waals surface area contributed by atoms with Crippen LogP contribution in [-0.2, 0) is 16.0 Å². The van der Waals surface area contributed by atoms with Crippen LogP contribution in [0, 0.1) is 0 Å². The van der Waals surface area contributed by atoms with Gasteiger partial charge in [0.15, 0.2) is 0 Å². The second kappa shape index (κ2) is 9.12. The second-order valence-corrected chi connectivity index (χ2v) is 5.87. The van der Waals surface area contributed by atoms with Crippen LogP contribution in [0.2, 0.25) is 0 Å². The lowest BCUT2D eigenvalue weighted by molar-refractivity contribution is -0.284. The van der Waals surface area contributed by atoms with Crippen LogP contribution in [0.1, 0.15) is 49.3 Å². The summed E-state index contributed by atoms with van der Waals surface area (Å²) >= 11 is 0. The highest BCUT2D eigenvalue weighted by atomic mass is 19.4. The molecule has 0 saturated carbocycles. The largest absolute Gasteiger partial charge is 0.469 e. The summed E-state index contributed by atoms with van der Waals surface area (Å²) in [6.45, 7) is 0. The molecule has 1 atom stereocenters. The van der Waals surface area contributed by atoms with Gasteiger partial charge in [0.2, 0.25) is 0 Å². The van der Waals surface area contributed by atoms with E-state index in [2.05, 4.69) is 4.74 Å². The van der Waals surface area contributed by atoms with Crippen LogP contribution in [0.4, 0.5) is 22.0 Å². The molecule has 0 radical (unpaired) electrons. The summed E-state index contributed by atoms with van der Waals surface area (Å²) in [7, 11) is 1.32. The van der Waals surface area contributed by atoms with E-state index in [9.17, 15) is 26.7 Å². The molecule has 8 heteroatoms. The maximum Gasteiger partial charge on any atom is 0.453 e. The van der Waals surface area contributed by atoms with Crippen molar-refractivity contribution in [3.05, 3.63) is 35.4 Å². The number of carbonyl (C=O) groups excluding carboxylic acids is 1. The summed E-state index contributed by atoms with van der Waals surface area (Å²) in [4.78, 5) is 11.0. The van der Waals surface area contributed by atoms with Crippen molar-refractivity contribution in [3.63, 3.8) is 0 Å². The number of hydrogen-bond donors (Lipinski definition) is 1. The molecule has 0 heterocycles. The van der Waals surface area contributed by atoms with Gasteiger partial charge < -0.3 is 10.5 Å². The third-order valence-electron chi connectivity index (χ3n) is 3.90. The second-order valence-electron chi connectivity index (χ2n) is 5.87. The normalized spacial score (nSPS) is 13.6. The van der Waals surface area contributed by atoms with Gasteiger partial charge in [-0.15, -0.1) is 0 Å². The molecule has 0 aliphatic heterocycles. The van der Waals surface area contributed by atoms with E-state index in [0.717, 1.165) is 5.56 Å². The summed E-state index contributed by atoms with van der Waals surface area (Å²) in [5, 5.41) is 0. The molecule has 0 spiro atoms. The van der Waals surface area contributed by atoms with Crippen molar-refractivity contribution in [3.8, 4) is 0 Å². The van der Waals surface area contributed by atoms with Gasteiger partial charge in [-0.25, -0.2) is 0 Å². The number of esters is 1. The predicted octanol–water partition coefficient (Wildman–Crippen LogP) is 4.55. The summed E-state index contributed by atoms with van der Waals surface area (Å²) in [6, 6.07) is 6.45. The van der Waals surface area contributed by atoms with E-state index >= 15 is 0 Å². The number of rotatable bonds is 9. The van der Waals surface area contributed by atoms with E-state index < -0.39 is 24.6 Å². The summed E-state index contributed by atoms with van der Waals surface area (Å²) in [5.41, 5.74) is 7.50. The quantitative estimate of drug-likeness (QED) is 0.515. The average Bonchev–Trinajstić information content (AvgIpc) is 2.54. The van der Waals surface area contributed by atoms with Gasteiger partial charge in [-0.2, -0.15) is 22.0 Å². The van der Waals surface area contributed by atoms with Crippen LogP contribution < -0.4 is 5.73 Å². The molecule has 1 aromatic rings. The van der Waals surface area contributed by atoms with Gasteiger partial charge >= 0.3 is 18.1 Å². The minimum Gasteiger partial charge on any atom is -0.469 e. The Morgan fingerprint density at radius 3 is 2.24 bits per heavy atom. The zero-order chi connectivity index (χ0) is 19.1. The maximum absolute atomic E-state index is 12.8. The molecule has 0 amide bonds. The highest BCUT2D eigenvalue weighted by Crippen LogP contribution is 2.39. The van der Waals surface area contributed by atoms with E-state index in [4.69, 9.17) is 5.73 Å². The molecule has 3 nitrogen and oxygen atoms in total.